The summed E-state index contributed by atoms with van der Waals surface area (Å²) in [4.78, 5) is 17.8. The number of hydrogen-bond acceptors (Lipinski definition) is 6. The summed E-state index contributed by atoms with van der Waals surface area (Å²) in [5.41, 5.74) is 3.38. The second-order valence-electron chi connectivity index (χ2n) is 6.37. The van der Waals surface area contributed by atoms with Gasteiger partial charge in [-0.15, -0.1) is 21.5 Å². The van der Waals surface area contributed by atoms with E-state index < -0.39 is 0 Å². The van der Waals surface area contributed by atoms with Crippen LogP contribution in [0.5, 0.6) is 0 Å². The maximum atomic E-state index is 12.2. The Balaban J connectivity index is 1.40. The number of hydrogen-bond donors (Lipinski definition) is 1. The molecule has 0 aliphatic rings. The number of thiazole rings is 1. The van der Waals surface area contributed by atoms with E-state index in [1.165, 1.54) is 11.8 Å². The molecule has 0 spiro atoms. The van der Waals surface area contributed by atoms with Crippen LogP contribution < -0.4 is 5.32 Å². The maximum Gasteiger partial charge on any atom is 0.234 e. The van der Waals surface area contributed by atoms with E-state index in [0.29, 0.717) is 15.7 Å². The number of aromatic nitrogens is 3. The van der Waals surface area contributed by atoms with Crippen molar-refractivity contribution in [3.63, 3.8) is 0 Å². The number of nitrogens with one attached hydrogen (secondary N) is 1. The molecule has 150 valence electrons. The fraction of sp³-hybridized carbons (Fsp3) is 0.0909. The highest BCUT2D eigenvalue weighted by Gasteiger charge is 2.13. The number of thioether (sulfide) groups is 1. The summed E-state index contributed by atoms with van der Waals surface area (Å²) in [7, 11) is 0. The predicted molar refractivity (Wildman–Crippen MR) is 124 cm³/mol. The van der Waals surface area contributed by atoms with Crippen LogP contribution in [0.25, 0.3) is 21.1 Å². The van der Waals surface area contributed by atoms with Crippen LogP contribution in [-0.2, 0) is 4.79 Å². The van der Waals surface area contributed by atoms with Crippen molar-refractivity contribution in [2.75, 3.05) is 11.1 Å². The van der Waals surface area contributed by atoms with E-state index in [1.807, 2.05) is 61.5 Å². The molecule has 2 heterocycles. The number of para-hydroxylation sites is 1. The molecule has 0 aliphatic carbocycles. The quantitative estimate of drug-likeness (QED) is 0.365. The molecule has 8 heteroatoms. The van der Waals surface area contributed by atoms with Gasteiger partial charge < -0.3 is 5.32 Å². The topological polar surface area (TPSA) is 67.8 Å². The third-order valence-electron chi connectivity index (χ3n) is 4.19. The highest BCUT2D eigenvalue weighted by molar-refractivity contribution is 7.99. The first-order valence-electron chi connectivity index (χ1n) is 9.14. The summed E-state index contributed by atoms with van der Waals surface area (Å²) >= 11 is 8.98. The zero-order valence-corrected chi connectivity index (χ0v) is 18.4. The van der Waals surface area contributed by atoms with E-state index in [-0.39, 0.29) is 11.7 Å². The summed E-state index contributed by atoms with van der Waals surface area (Å²) in [6, 6.07) is 21.0. The van der Waals surface area contributed by atoms with Crippen LogP contribution in [0.4, 0.5) is 5.69 Å². The minimum Gasteiger partial charge on any atom is -0.324 e. The number of nitrogens with zero attached hydrogens (tertiary/aromatic N) is 3. The minimum atomic E-state index is -0.148. The fourth-order valence-corrected chi connectivity index (χ4v) is 4.58. The van der Waals surface area contributed by atoms with E-state index in [0.717, 1.165) is 26.8 Å². The average Bonchev–Trinajstić information content (AvgIpc) is 3.16. The average molecular weight is 453 g/mol. The van der Waals surface area contributed by atoms with Crippen molar-refractivity contribution in [2.24, 2.45) is 0 Å². The van der Waals surface area contributed by atoms with Gasteiger partial charge in [0, 0.05) is 5.56 Å². The Labute approximate surface area is 187 Å². The van der Waals surface area contributed by atoms with Crippen LogP contribution in [0, 0.1) is 6.92 Å². The molecule has 0 fully saturated rings. The Morgan fingerprint density at radius 1 is 1.03 bits per heavy atom. The molecule has 1 N–H and O–H groups in total. The van der Waals surface area contributed by atoms with Gasteiger partial charge in [-0.2, -0.15) is 0 Å². The Morgan fingerprint density at radius 2 is 1.80 bits per heavy atom. The second-order valence-corrected chi connectivity index (χ2v) is 8.77. The van der Waals surface area contributed by atoms with Gasteiger partial charge in [0.1, 0.15) is 15.7 Å². The van der Waals surface area contributed by atoms with Gasteiger partial charge in [0.25, 0.3) is 0 Å². The molecule has 2 aromatic carbocycles. The Bertz CT molecular complexity index is 1160. The van der Waals surface area contributed by atoms with E-state index in [4.69, 9.17) is 11.6 Å². The van der Waals surface area contributed by atoms with Crippen LogP contribution in [-0.4, -0.2) is 26.8 Å². The predicted octanol–water partition coefficient (Wildman–Crippen LogP) is 5.96. The number of carbonyl (C=O) groups is 1. The molecule has 5 nitrogen and oxygen atoms in total. The normalized spacial score (nSPS) is 10.7. The van der Waals surface area contributed by atoms with Crippen molar-refractivity contribution < 1.29 is 4.79 Å². The van der Waals surface area contributed by atoms with E-state index in [2.05, 4.69) is 20.5 Å². The Hall–Kier alpha value is -2.74. The van der Waals surface area contributed by atoms with Crippen molar-refractivity contribution in [1.82, 2.24) is 15.2 Å². The van der Waals surface area contributed by atoms with Gasteiger partial charge in [-0.1, -0.05) is 65.8 Å². The van der Waals surface area contributed by atoms with Crippen molar-refractivity contribution in [1.29, 1.82) is 0 Å². The summed E-state index contributed by atoms with van der Waals surface area (Å²) in [5.74, 6) is 0.0709. The Kier molecular flexibility index (Phi) is 6.42. The van der Waals surface area contributed by atoms with Crippen molar-refractivity contribution >= 4 is 46.3 Å². The van der Waals surface area contributed by atoms with Gasteiger partial charge in [-0.25, -0.2) is 4.98 Å². The van der Waals surface area contributed by atoms with Crippen LogP contribution in [0.2, 0.25) is 5.02 Å². The SMILES string of the molecule is Cc1nc(-c2ccccc2)sc1-c1ccc(SCC(=O)Nc2ccccc2Cl)nn1. The van der Waals surface area contributed by atoms with Crippen LogP contribution >= 0.6 is 34.7 Å². The molecule has 0 aliphatic heterocycles. The number of carbonyl (C=O) groups excluding carboxylic acids is 1. The lowest BCUT2D eigenvalue weighted by molar-refractivity contribution is -0.113. The van der Waals surface area contributed by atoms with Gasteiger partial charge in [0.15, 0.2) is 0 Å². The van der Waals surface area contributed by atoms with Crippen LogP contribution in [0.15, 0.2) is 71.8 Å². The first-order valence-corrected chi connectivity index (χ1v) is 11.3. The number of amides is 1. The molecular weight excluding hydrogens is 436 g/mol. The van der Waals surface area contributed by atoms with Crippen LogP contribution in [0.1, 0.15) is 5.69 Å². The van der Waals surface area contributed by atoms with Gasteiger partial charge in [-0.05, 0) is 31.2 Å². The highest BCUT2D eigenvalue weighted by Crippen LogP contribution is 2.34. The monoisotopic (exact) mass is 452 g/mol. The first-order chi connectivity index (χ1) is 14.6. The fourth-order valence-electron chi connectivity index (χ4n) is 2.74. The molecule has 0 unspecified atom stereocenters. The Morgan fingerprint density at radius 3 is 2.53 bits per heavy atom. The molecule has 4 aromatic rings. The molecule has 0 saturated heterocycles. The van der Waals surface area contributed by atoms with Crippen molar-refractivity contribution in [3.05, 3.63) is 77.4 Å². The lowest BCUT2D eigenvalue weighted by atomic mass is 10.2. The third kappa shape index (κ3) is 4.87. The van der Waals surface area contributed by atoms with E-state index in [9.17, 15) is 4.79 Å². The number of halogens is 1. The smallest absolute Gasteiger partial charge is 0.234 e. The number of rotatable bonds is 6. The standard InChI is InChI=1S/C22H17ClN4OS2/c1-14-21(30-22(24-14)15-7-3-2-4-8-15)18-11-12-20(27-26-18)29-13-19(28)25-17-10-6-5-9-16(17)23/h2-12H,13H2,1H3,(H,25,28). The third-order valence-corrected chi connectivity index (χ3v) is 6.67. The highest BCUT2D eigenvalue weighted by atomic mass is 35.5. The van der Waals surface area contributed by atoms with E-state index in [1.54, 1.807) is 23.5 Å². The lowest BCUT2D eigenvalue weighted by Gasteiger charge is -2.06. The lowest BCUT2D eigenvalue weighted by Crippen LogP contribution is -2.14. The summed E-state index contributed by atoms with van der Waals surface area (Å²) in [5, 5.41) is 13.5. The number of benzene rings is 2. The van der Waals surface area contributed by atoms with Gasteiger partial charge in [-0.3, -0.25) is 4.79 Å². The minimum absolute atomic E-state index is 0.148. The zero-order chi connectivity index (χ0) is 20.9. The molecule has 0 atom stereocenters. The summed E-state index contributed by atoms with van der Waals surface area (Å²) < 4.78 is 0. The molecule has 4 rings (SSSR count). The van der Waals surface area contributed by atoms with Gasteiger partial charge in [0.05, 0.1) is 27.0 Å². The molecular formula is C22H17ClN4OS2. The van der Waals surface area contributed by atoms with E-state index >= 15 is 0 Å². The van der Waals surface area contributed by atoms with Crippen LogP contribution in [0.3, 0.4) is 0 Å². The molecule has 30 heavy (non-hydrogen) atoms. The molecule has 0 bridgehead atoms. The molecule has 0 radical (unpaired) electrons. The second kappa shape index (κ2) is 9.38. The van der Waals surface area contributed by atoms with Gasteiger partial charge in [0.2, 0.25) is 5.91 Å². The van der Waals surface area contributed by atoms with Gasteiger partial charge >= 0.3 is 0 Å². The number of aryl methyl sites for hydroxylation is 1. The molecule has 2 aromatic heterocycles. The summed E-state index contributed by atoms with van der Waals surface area (Å²) in [6.45, 7) is 1.97. The molecule has 1 amide bonds. The maximum absolute atomic E-state index is 12.2. The van der Waals surface area contributed by atoms with Crippen molar-refractivity contribution in [2.45, 2.75) is 11.9 Å². The first kappa shape index (κ1) is 20.5. The largest absolute Gasteiger partial charge is 0.324 e. The van der Waals surface area contributed by atoms with Crippen molar-refractivity contribution in [3.8, 4) is 21.1 Å². The summed E-state index contributed by atoms with van der Waals surface area (Å²) in [6.07, 6.45) is 0. The zero-order valence-electron chi connectivity index (χ0n) is 16.0. The number of anilines is 1. The molecule has 0 saturated carbocycles.